The van der Waals surface area contributed by atoms with Crippen molar-refractivity contribution in [1.29, 1.82) is 0 Å². The molecule has 1 aliphatic rings. The summed E-state index contributed by atoms with van der Waals surface area (Å²) in [4.78, 5) is 12.8. The SMILES string of the molecule is CCOC(=O)c1cc2n(c1-c1cccc(F)c1)CCc1cc(OC)c(OC(C)C)cc1-2. The van der Waals surface area contributed by atoms with Crippen LogP contribution in [0.5, 0.6) is 11.5 Å². The third-order valence-corrected chi connectivity index (χ3v) is 5.32. The van der Waals surface area contributed by atoms with Gasteiger partial charge >= 0.3 is 5.97 Å². The second-order valence-corrected chi connectivity index (χ2v) is 7.75. The minimum absolute atomic E-state index is 0.0136. The Labute approximate surface area is 181 Å². The Hall–Kier alpha value is -3.28. The van der Waals surface area contributed by atoms with Crippen LogP contribution in [0.2, 0.25) is 0 Å². The first-order valence-corrected chi connectivity index (χ1v) is 10.5. The molecule has 162 valence electrons. The molecule has 0 unspecified atom stereocenters. The van der Waals surface area contributed by atoms with Gasteiger partial charge in [-0.2, -0.15) is 0 Å². The zero-order valence-corrected chi connectivity index (χ0v) is 18.2. The highest BCUT2D eigenvalue weighted by molar-refractivity contribution is 5.99. The molecule has 2 aromatic carbocycles. The van der Waals surface area contributed by atoms with Gasteiger partial charge in [0.1, 0.15) is 5.82 Å². The highest BCUT2D eigenvalue weighted by atomic mass is 19.1. The zero-order valence-electron chi connectivity index (χ0n) is 18.2. The second kappa shape index (κ2) is 8.46. The Kier molecular flexibility index (Phi) is 5.72. The molecule has 6 heteroatoms. The van der Waals surface area contributed by atoms with Crippen LogP contribution in [0.4, 0.5) is 4.39 Å². The number of nitrogens with zero attached hydrogens (tertiary/aromatic N) is 1. The summed E-state index contributed by atoms with van der Waals surface area (Å²) in [6.45, 7) is 6.61. The van der Waals surface area contributed by atoms with Gasteiger partial charge in [-0.25, -0.2) is 9.18 Å². The van der Waals surface area contributed by atoms with Crippen molar-refractivity contribution < 1.29 is 23.4 Å². The number of aromatic nitrogens is 1. The Bertz CT molecular complexity index is 1130. The quantitative estimate of drug-likeness (QED) is 0.492. The summed E-state index contributed by atoms with van der Waals surface area (Å²) in [5.41, 5.74) is 4.69. The number of carbonyl (C=O) groups is 1. The standard InChI is InChI=1S/C25H26FNO4/c1-5-30-25(28)20-13-21-19-14-23(31-15(2)3)22(29-4)12-16(19)9-10-27(21)24(20)17-7-6-8-18(26)11-17/h6-8,11-15H,5,9-10H2,1-4H3. The molecule has 31 heavy (non-hydrogen) atoms. The summed E-state index contributed by atoms with van der Waals surface area (Å²) in [5, 5.41) is 0. The van der Waals surface area contributed by atoms with E-state index in [1.54, 1.807) is 20.1 Å². The lowest BCUT2D eigenvalue weighted by atomic mass is 9.97. The normalized spacial score (nSPS) is 12.3. The largest absolute Gasteiger partial charge is 0.493 e. The topological polar surface area (TPSA) is 49.7 Å². The molecule has 0 fully saturated rings. The summed E-state index contributed by atoms with van der Waals surface area (Å²) < 4.78 is 32.9. The van der Waals surface area contributed by atoms with Crippen molar-refractivity contribution in [3.8, 4) is 34.0 Å². The van der Waals surface area contributed by atoms with Gasteiger partial charge in [0.05, 0.1) is 31.1 Å². The van der Waals surface area contributed by atoms with Crippen LogP contribution in [0.3, 0.4) is 0 Å². The monoisotopic (exact) mass is 423 g/mol. The lowest BCUT2D eigenvalue weighted by Crippen LogP contribution is -2.14. The van der Waals surface area contributed by atoms with E-state index in [4.69, 9.17) is 14.2 Å². The average Bonchev–Trinajstić information content (AvgIpc) is 3.13. The van der Waals surface area contributed by atoms with Crippen molar-refractivity contribution in [1.82, 2.24) is 4.57 Å². The fourth-order valence-corrected chi connectivity index (χ4v) is 4.10. The molecule has 0 aliphatic carbocycles. The van der Waals surface area contributed by atoms with E-state index in [1.165, 1.54) is 12.1 Å². The number of carbonyl (C=O) groups excluding carboxylic acids is 1. The van der Waals surface area contributed by atoms with E-state index >= 15 is 0 Å². The molecule has 5 nitrogen and oxygen atoms in total. The minimum atomic E-state index is -0.419. The number of aryl methyl sites for hydroxylation is 1. The summed E-state index contributed by atoms with van der Waals surface area (Å²) in [6.07, 6.45) is 0.736. The fourth-order valence-electron chi connectivity index (χ4n) is 4.10. The third kappa shape index (κ3) is 3.90. The Morgan fingerprint density at radius 3 is 2.65 bits per heavy atom. The molecule has 0 radical (unpaired) electrons. The number of hydrogen-bond donors (Lipinski definition) is 0. The van der Waals surface area contributed by atoms with Gasteiger partial charge < -0.3 is 18.8 Å². The predicted octanol–water partition coefficient (Wildman–Crippen LogP) is 5.49. The van der Waals surface area contributed by atoms with Crippen LogP contribution in [0, 0.1) is 5.82 Å². The molecular weight excluding hydrogens is 397 g/mol. The van der Waals surface area contributed by atoms with E-state index in [-0.39, 0.29) is 18.5 Å². The molecule has 0 amide bonds. The van der Waals surface area contributed by atoms with Crippen molar-refractivity contribution in [3.05, 3.63) is 59.4 Å². The predicted molar refractivity (Wildman–Crippen MR) is 117 cm³/mol. The fraction of sp³-hybridized carbons (Fsp3) is 0.320. The maximum absolute atomic E-state index is 14.0. The molecule has 4 rings (SSSR count). The molecule has 3 aromatic rings. The van der Waals surface area contributed by atoms with Crippen molar-refractivity contribution in [3.63, 3.8) is 0 Å². The Balaban J connectivity index is 1.93. The van der Waals surface area contributed by atoms with Crippen LogP contribution >= 0.6 is 0 Å². The van der Waals surface area contributed by atoms with E-state index < -0.39 is 5.97 Å². The van der Waals surface area contributed by atoms with Gasteiger partial charge in [0.25, 0.3) is 0 Å². The molecule has 1 aliphatic heterocycles. The van der Waals surface area contributed by atoms with Gasteiger partial charge in [-0.1, -0.05) is 12.1 Å². The maximum atomic E-state index is 14.0. The number of methoxy groups -OCH3 is 1. The van der Waals surface area contributed by atoms with Crippen LogP contribution < -0.4 is 9.47 Å². The smallest absolute Gasteiger partial charge is 0.340 e. The van der Waals surface area contributed by atoms with E-state index in [0.717, 1.165) is 23.2 Å². The van der Waals surface area contributed by atoms with Crippen molar-refractivity contribution in [2.24, 2.45) is 0 Å². The van der Waals surface area contributed by atoms with Gasteiger partial charge in [-0.15, -0.1) is 0 Å². The van der Waals surface area contributed by atoms with E-state index in [1.807, 2.05) is 38.1 Å². The van der Waals surface area contributed by atoms with Crippen LogP contribution in [0.15, 0.2) is 42.5 Å². The van der Waals surface area contributed by atoms with Gasteiger partial charge in [0.2, 0.25) is 0 Å². The number of fused-ring (bicyclic) bond motifs is 3. The van der Waals surface area contributed by atoms with Crippen LogP contribution in [-0.4, -0.2) is 30.4 Å². The summed E-state index contributed by atoms with van der Waals surface area (Å²) >= 11 is 0. The number of benzene rings is 2. The molecule has 0 spiro atoms. The van der Waals surface area contributed by atoms with Crippen molar-refractivity contribution in [2.45, 2.75) is 39.8 Å². The first-order valence-electron chi connectivity index (χ1n) is 10.5. The molecule has 2 heterocycles. The number of rotatable bonds is 6. The first-order chi connectivity index (χ1) is 14.9. The summed E-state index contributed by atoms with van der Waals surface area (Å²) in [7, 11) is 1.63. The Morgan fingerprint density at radius 2 is 1.97 bits per heavy atom. The van der Waals surface area contributed by atoms with Crippen LogP contribution in [-0.2, 0) is 17.7 Å². The van der Waals surface area contributed by atoms with E-state index in [9.17, 15) is 9.18 Å². The zero-order chi connectivity index (χ0) is 22.1. The molecule has 0 saturated carbocycles. The molecule has 0 atom stereocenters. The summed E-state index contributed by atoms with van der Waals surface area (Å²) in [5.74, 6) is 0.563. The van der Waals surface area contributed by atoms with E-state index in [0.29, 0.717) is 34.9 Å². The summed E-state index contributed by atoms with van der Waals surface area (Å²) in [6, 6.07) is 12.1. The molecule has 0 N–H and O–H groups in total. The van der Waals surface area contributed by atoms with Gasteiger partial charge in [-0.05, 0) is 63.1 Å². The van der Waals surface area contributed by atoms with Crippen molar-refractivity contribution >= 4 is 5.97 Å². The minimum Gasteiger partial charge on any atom is -0.493 e. The van der Waals surface area contributed by atoms with Gasteiger partial charge in [-0.3, -0.25) is 0 Å². The molecule has 0 bridgehead atoms. The van der Waals surface area contributed by atoms with Crippen molar-refractivity contribution in [2.75, 3.05) is 13.7 Å². The lowest BCUT2D eigenvalue weighted by Gasteiger charge is -2.24. The third-order valence-electron chi connectivity index (χ3n) is 5.32. The molecular formula is C25H26FNO4. The molecule has 0 saturated heterocycles. The number of hydrogen-bond acceptors (Lipinski definition) is 4. The molecule has 1 aromatic heterocycles. The number of esters is 1. The van der Waals surface area contributed by atoms with E-state index in [2.05, 4.69) is 4.57 Å². The van der Waals surface area contributed by atoms with Gasteiger partial charge in [0.15, 0.2) is 11.5 Å². The highest BCUT2D eigenvalue weighted by Gasteiger charge is 2.28. The highest BCUT2D eigenvalue weighted by Crippen LogP contribution is 2.43. The lowest BCUT2D eigenvalue weighted by molar-refractivity contribution is 0.0527. The average molecular weight is 423 g/mol. The van der Waals surface area contributed by atoms with Crippen LogP contribution in [0.25, 0.3) is 22.5 Å². The first kappa shape index (κ1) is 21.0. The van der Waals surface area contributed by atoms with Crippen LogP contribution in [0.1, 0.15) is 36.7 Å². The number of ether oxygens (including phenoxy) is 3. The number of halogens is 1. The second-order valence-electron chi connectivity index (χ2n) is 7.75. The Morgan fingerprint density at radius 1 is 1.16 bits per heavy atom. The maximum Gasteiger partial charge on any atom is 0.340 e. The van der Waals surface area contributed by atoms with Gasteiger partial charge in [0, 0.05) is 23.4 Å².